The Morgan fingerprint density at radius 1 is 1.47 bits per heavy atom. The lowest BCUT2D eigenvalue weighted by molar-refractivity contribution is 0.102. The summed E-state index contributed by atoms with van der Waals surface area (Å²) in [5.41, 5.74) is 3.68. The first kappa shape index (κ1) is 12.1. The lowest BCUT2D eigenvalue weighted by Gasteiger charge is -2.11. The molecule has 5 heteroatoms. The van der Waals surface area contributed by atoms with Crippen molar-refractivity contribution in [2.24, 2.45) is 0 Å². The van der Waals surface area contributed by atoms with Crippen LogP contribution in [0, 0.1) is 0 Å². The SMILES string of the molecule is CC(Cl)c1ccccc1NC(=O)c1cscn1. The van der Waals surface area contributed by atoms with Crippen molar-refractivity contribution in [2.45, 2.75) is 12.3 Å². The van der Waals surface area contributed by atoms with Crippen molar-refractivity contribution in [3.05, 3.63) is 46.4 Å². The molecule has 0 aliphatic rings. The van der Waals surface area contributed by atoms with Crippen molar-refractivity contribution >= 4 is 34.5 Å². The molecule has 1 heterocycles. The van der Waals surface area contributed by atoms with Crippen LogP contribution in [-0.4, -0.2) is 10.9 Å². The number of hydrogen-bond acceptors (Lipinski definition) is 3. The Morgan fingerprint density at radius 2 is 2.24 bits per heavy atom. The van der Waals surface area contributed by atoms with Crippen molar-refractivity contribution < 1.29 is 4.79 Å². The number of hydrogen-bond donors (Lipinski definition) is 1. The van der Waals surface area contributed by atoms with E-state index in [1.807, 2.05) is 31.2 Å². The third-order valence-corrected chi connectivity index (χ3v) is 3.12. The summed E-state index contributed by atoms with van der Waals surface area (Å²) >= 11 is 7.44. The zero-order valence-electron chi connectivity index (χ0n) is 9.18. The molecule has 17 heavy (non-hydrogen) atoms. The number of nitrogens with zero attached hydrogens (tertiary/aromatic N) is 1. The maximum Gasteiger partial charge on any atom is 0.275 e. The van der Waals surface area contributed by atoms with Crippen LogP contribution in [0.2, 0.25) is 0 Å². The molecule has 0 saturated heterocycles. The molecule has 2 aromatic rings. The number of carbonyl (C=O) groups is 1. The Labute approximate surface area is 108 Å². The van der Waals surface area contributed by atoms with E-state index >= 15 is 0 Å². The van der Waals surface area contributed by atoms with Gasteiger partial charge in [-0.25, -0.2) is 4.98 Å². The minimum absolute atomic E-state index is 0.151. The molecular weight excluding hydrogens is 256 g/mol. The molecule has 1 atom stereocenters. The predicted molar refractivity (Wildman–Crippen MR) is 70.8 cm³/mol. The molecule has 1 N–H and O–H groups in total. The smallest absolute Gasteiger partial charge is 0.275 e. The van der Waals surface area contributed by atoms with E-state index in [0.29, 0.717) is 5.69 Å². The lowest BCUT2D eigenvalue weighted by atomic mass is 10.1. The number of carbonyl (C=O) groups excluding carboxylic acids is 1. The van der Waals surface area contributed by atoms with E-state index in [-0.39, 0.29) is 11.3 Å². The third kappa shape index (κ3) is 2.84. The standard InChI is InChI=1S/C12H11ClN2OS/c1-8(13)9-4-2-3-5-10(9)15-12(16)11-6-17-7-14-11/h2-8H,1H3,(H,15,16). The molecule has 1 amide bonds. The highest BCUT2D eigenvalue weighted by molar-refractivity contribution is 7.07. The van der Waals surface area contributed by atoms with Crippen LogP contribution >= 0.6 is 22.9 Å². The van der Waals surface area contributed by atoms with Gasteiger partial charge in [0, 0.05) is 11.1 Å². The van der Waals surface area contributed by atoms with Gasteiger partial charge in [0.05, 0.1) is 10.9 Å². The van der Waals surface area contributed by atoms with Gasteiger partial charge < -0.3 is 5.32 Å². The van der Waals surface area contributed by atoms with Gasteiger partial charge in [-0.2, -0.15) is 0 Å². The first-order valence-corrected chi connectivity index (χ1v) is 6.49. The molecule has 1 unspecified atom stereocenters. The van der Waals surface area contributed by atoms with Crippen molar-refractivity contribution in [1.29, 1.82) is 0 Å². The minimum atomic E-state index is -0.212. The fraction of sp³-hybridized carbons (Fsp3) is 0.167. The Hall–Kier alpha value is -1.39. The minimum Gasteiger partial charge on any atom is -0.320 e. The number of benzene rings is 1. The largest absolute Gasteiger partial charge is 0.320 e. The van der Waals surface area contributed by atoms with Crippen molar-refractivity contribution in [1.82, 2.24) is 4.98 Å². The molecule has 0 spiro atoms. The van der Waals surface area contributed by atoms with Crippen LogP contribution in [0.4, 0.5) is 5.69 Å². The second-order valence-corrected chi connectivity index (χ2v) is 4.90. The zero-order valence-corrected chi connectivity index (χ0v) is 10.8. The number of para-hydroxylation sites is 1. The van der Waals surface area contributed by atoms with E-state index in [9.17, 15) is 4.79 Å². The van der Waals surface area contributed by atoms with Crippen molar-refractivity contribution in [3.63, 3.8) is 0 Å². The quantitative estimate of drug-likeness (QED) is 0.861. The normalized spacial score (nSPS) is 12.1. The molecule has 0 radical (unpaired) electrons. The van der Waals surface area contributed by atoms with Crippen LogP contribution in [0.15, 0.2) is 35.2 Å². The number of nitrogens with one attached hydrogen (secondary N) is 1. The van der Waals surface area contributed by atoms with Gasteiger partial charge in [0.1, 0.15) is 5.69 Å². The van der Waals surface area contributed by atoms with E-state index in [0.717, 1.165) is 11.3 Å². The molecule has 0 aliphatic heterocycles. The Balaban J connectivity index is 2.22. The van der Waals surface area contributed by atoms with E-state index < -0.39 is 0 Å². The average molecular weight is 267 g/mol. The number of anilines is 1. The molecule has 0 aliphatic carbocycles. The fourth-order valence-corrected chi connectivity index (χ4v) is 2.19. The first-order valence-electron chi connectivity index (χ1n) is 5.11. The van der Waals surface area contributed by atoms with Crippen LogP contribution in [0.1, 0.15) is 28.4 Å². The molecule has 1 aromatic carbocycles. The van der Waals surface area contributed by atoms with Gasteiger partial charge in [-0.3, -0.25) is 4.79 Å². The number of amides is 1. The van der Waals surface area contributed by atoms with Crippen LogP contribution in [-0.2, 0) is 0 Å². The van der Waals surface area contributed by atoms with Gasteiger partial charge >= 0.3 is 0 Å². The molecule has 88 valence electrons. The van der Waals surface area contributed by atoms with E-state index in [1.54, 1.807) is 10.9 Å². The van der Waals surface area contributed by atoms with Crippen LogP contribution in [0.5, 0.6) is 0 Å². The predicted octanol–water partition coefficient (Wildman–Crippen LogP) is 3.70. The fourth-order valence-electron chi connectivity index (χ4n) is 1.47. The molecule has 0 saturated carbocycles. The number of alkyl halides is 1. The third-order valence-electron chi connectivity index (χ3n) is 2.30. The monoisotopic (exact) mass is 266 g/mol. The van der Waals surface area contributed by atoms with Crippen LogP contribution in [0.25, 0.3) is 0 Å². The van der Waals surface area contributed by atoms with Gasteiger partial charge in [0.15, 0.2) is 0 Å². The maximum atomic E-state index is 11.8. The van der Waals surface area contributed by atoms with Gasteiger partial charge in [-0.15, -0.1) is 22.9 Å². The summed E-state index contributed by atoms with van der Waals surface area (Å²) in [6.07, 6.45) is 0. The van der Waals surface area contributed by atoms with Crippen molar-refractivity contribution in [2.75, 3.05) is 5.32 Å². The molecular formula is C12H11ClN2OS. The van der Waals surface area contributed by atoms with Gasteiger partial charge in [0.2, 0.25) is 0 Å². The first-order chi connectivity index (χ1) is 8.18. The van der Waals surface area contributed by atoms with Gasteiger partial charge in [-0.1, -0.05) is 18.2 Å². The number of thiazole rings is 1. The van der Waals surface area contributed by atoms with Crippen LogP contribution in [0.3, 0.4) is 0 Å². The topological polar surface area (TPSA) is 42.0 Å². The number of aromatic nitrogens is 1. The van der Waals surface area contributed by atoms with Crippen molar-refractivity contribution in [3.8, 4) is 0 Å². The highest BCUT2D eigenvalue weighted by atomic mass is 35.5. The molecule has 0 bridgehead atoms. The molecule has 0 fully saturated rings. The molecule has 3 nitrogen and oxygen atoms in total. The van der Waals surface area contributed by atoms with Gasteiger partial charge in [0.25, 0.3) is 5.91 Å². The summed E-state index contributed by atoms with van der Waals surface area (Å²) in [6.45, 7) is 1.87. The second kappa shape index (κ2) is 5.29. The maximum absolute atomic E-state index is 11.8. The Kier molecular flexibility index (Phi) is 3.76. The zero-order chi connectivity index (χ0) is 12.3. The number of halogens is 1. The summed E-state index contributed by atoms with van der Waals surface area (Å²) in [6, 6.07) is 7.49. The summed E-state index contributed by atoms with van der Waals surface area (Å²) in [5.74, 6) is -0.212. The van der Waals surface area contributed by atoms with Crippen LogP contribution < -0.4 is 5.32 Å². The highest BCUT2D eigenvalue weighted by Crippen LogP contribution is 2.27. The van der Waals surface area contributed by atoms with E-state index in [4.69, 9.17) is 11.6 Å². The Bertz CT molecular complexity index is 511. The average Bonchev–Trinajstić information content (AvgIpc) is 2.83. The lowest BCUT2D eigenvalue weighted by Crippen LogP contribution is -2.13. The summed E-state index contributed by atoms with van der Waals surface area (Å²) in [4.78, 5) is 15.8. The summed E-state index contributed by atoms with van der Waals surface area (Å²) in [7, 11) is 0. The number of rotatable bonds is 3. The van der Waals surface area contributed by atoms with E-state index in [1.165, 1.54) is 11.3 Å². The summed E-state index contributed by atoms with van der Waals surface area (Å²) in [5, 5.41) is 4.37. The molecule has 1 aromatic heterocycles. The highest BCUT2D eigenvalue weighted by Gasteiger charge is 2.12. The second-order valence-electron chi connectivity index (χ2n) is 3.53. The van der Waals surface area contributed by atoms with Gasteiger partial charge in [-0.05, 0) is 18.6 Å². The summed E-state index contributed by atoms with van der Waals surface area (Å²) < 4.78 is 0. The Morgan fingerprint density at radius 3 is 2.88 bits per heavy atom. The molecule has 2 rings (SSSR count). The van der Waals surface area contributed by atoms with E-state index in [2.05, 4.69) is 10.3 Å².